The highest BCUT2D eigenvalue weighted by Gasteiger charge is 2.34. The van der Waals surface area contributed by atoms with Crippen LogP contribution in [-0.4, -0.2) is 12.1 Å². The van der Waals surface area contributed by atoms with E-state index in [-0.39, 0.29) is 18.0 Å². The van der Waals surface area contributed by atoms with Crippen molar-refractivity contribution in [2.45, 2.75) is 38.5 Å². The number of halogens is 1. The third-order valence-electron chi connectivity index (χ3n) is 4.85. The van der Waals surface area contributed by atoms with Crippen LogP contribution in [0.4, 0.5) is 4.39 Å². The molecular weight excluding hydrogens is 353 g/mol. The number of benzene rings is 3. The van der Waals surface area contributed by atoms with E-state index in [9.17, 15) is 4.39 Å². The molecule has 4 rings (SSSR count). The summed E-state index contributed by atoms with van der Waals surface area (Å²) in [4.78, 5) is 0. The predicted molar refractivity (Wildman–Crippen MR) is 108 cm³/mol. The van der Waals surface area contributed by atoms with Gasteiger partial charge in [0.05, 0.1) is 6.04 Å². The minimum absolute atomic E-state index is 0.0255. The van der Waals surface area contributed by atoms with Crippen molar-refractivity contribution in [3.8, 4) is 17.2 Å². The molecular formula is C24H24FNO2. The maximum Gasteiger partial charge on any atom is 0.140 e. The molecule has 0 fully saturated rings. The average Bonchev–Trinajstić information content (AvgIpc) is 3.02. The van der Waals surface area contributed by atoms with E-state index >= 15 is 0 Å². The zero-order chi connectivity index (χ0) is 19.5. The van der Waals surface area contributed by atoms with Gasteiger partial charge in [-0.25, -0.2) is 4.39 Å². The third-order valence-corrected chi connectivity index (χ3v) is 4.85. The van der Waals surface area contributed by atoms with Crippen molar-refractivity contribution in [3.05, 3.63) is 89.7 Å². The normalized spacial score (nSPS) is 18.1. The van der Waals surface area contributed by atoms with Crippen LogP contribution in [0.5, 0.6) is 17.2 Å². The Morgan fingerprint density at radius 1 is 0.857 bits per heavy atom. The molecule has 1 aliphatic rings. The van der Waals surface area contributed by atoms with E-state index in [1.807, 2.05) is 24.3 Å². The minimum Gasteiger partial charge on any atom is -0.484 e. The highest BCUT2D eigenvalue weighted by Crippen LogP contribution is 2.36. The summed E-state index contributed by atoms with van der Waals surface area (Å²) in [7, 11) is 0. The molecule has 144 valence electrons. The fourth-order valence-corrected chi connectivity index (χ4v) is 3.65. The second kappa shape index (κ2) is 8.03. The Hall–Kier alpha value is -2.85. The maximum absolute atomic E-state index is 13.0. The van der Waals surface area contributed by atoms with E-state index in [4.69, 9.17) is 9.47 Å². The van der Waals surface area contributed by atoms with Crippen LogP contribution in [0, 0.1) is 5.82 Å². The lowest BCUT2D eigenvalue weighted by Crippen LogP contribution is -2.39. The number of nitrogens with one attached hydrogen (secondary N) is 1. The van der Waals surface area contributed by atoms with Crippen LogP contribution in [0.15, 0.2) is 72.8 Å². The van der Waals surface area contributed by atoms with E-state index in [0.717, 1.165) is 12.2 Å². The Morgan fingerprint density at radius 2 is 1.46 bits per heavy atom. The summed E-state index contributed by atoms with van der Waals surface area (Å²) in [6.45, 7) is 4.31. The van der Waals surface area contributed by atoms with Crippen LogP contribution in [-0.2, 0) is 6.42 Å². The lowest BCUT2D eigenvalue weighted by Gasteiger charge is -2.25. The number of rotatable bonds is 6. The number of hydrogen-bond acceptors (Lipinski definition) is 3. The second-order valence-corrected chi connectivity index (χ2v) is 7.40. The quantitative estimate of drug-likeness (QED) is 0.601. The second-order valence-electron chi connectivity index (χ2n) is 7.40. The monoisotopic (exact) mass is 377 g/mol. The molecule has 0 saturated carbocycles. The number of ether oxygens (including phenoxy) is 2. The third kappa shape index (κ3) is 4.18. The van der Waals surface area contributed by atoms with Crippen LogP contribution in [0.1, 0.15) is 31.1 Å². The van der Waals surface area contributed by atoms with Crippen LogP contribution >= 0.6 is 0 Å². The predicted octanol–water partition coefficient (Wildman–Crippen LogP) is 5.66. The summed E-state index contributed by atoms with van der Waals surface area (Å²) in [6, 6.07) is 22.6. The summed E-state index contributed by atoms with van der Waals surface area (Å²) >= 11 is 0. The van der Waals surface area contributed by atoms with Crippen LogP contribution in [0.3, 0.4) is 0 Å². The largest absolute Gasteiger partial charge is 0.484 e. The van der Waals surface area contributed by atoms with Gasteiger partial charge in [-0.2, -0.15) is 0 Å². The molecule has 0 radical (unpaired) electrons. The molecule has 0 amide bonds. The van der Waals surface area contributed by atoms with Crippen LogP contribution in [0.25, 0.3) is 0 Å². The van der Waals surface area contributed by atoms with Crippen molar-refractivity contribution < 1.29 is 13.9 Å². The highest BCUT2D eigenvalue weighted by atomic mass is 19.1. The van der Waals surface area contributed by atoms with Crippen molar-refractivity contribution in [3.63, 3.8) is 0 Å². The Labute approximate surface area is 165 Å². The fraction of sp³-hybridized carbons (Fsp3) is 0.250. The Bertz CT molecular complexity index is 922. The molecule has 3 aromatic carbocycles. The molecule has 0 aromatic heterocycles. The molecule has 0 bridgehead atoms. The molecule has 1 aliphatic carbocycles. The van der Waals surface area contributed by atoms with Crippen LogP contribution < -0.4 is 14.8 Å². The maximum atomic E-state index is 13.0. The van der Waals surface area contributed by atoms with Gasteiger partial charge in [0.15, 0.2) is 0 Å². The SMILES string of the molecule is CC(C)N[C@H]1Cc2ccccc2[C@H]1Oc1ccc(Oc2ccc(F)cc2)cc1. The highest BCUT2D eigenvalue weighted by molar-refractivity contribution is 5.39. The Morgan fingerprint density at radius 3 is 2.14 bits per heavy atom. The lowest BCUT2D eigenvalue weighted by atomic mass is 10.1. The first kappa shape index (κ1) is 18.5. The van der Waals surface area contributed by atoms with Gasteiger partial charge in [-0.1, -0.05) is 38.1 Å². The molecule has 0 unspecified atom stereocenters. The van der Waals surface area contributed by atoms with Crippen molar-refractivity contribution in [1.29, 1.82) is 0 Å². The topological polar surface area (TPSA) is 30.5 Å². The average molecular weight is 377 g/mol. The summed E-state index contributed by atoms with van der Waals surface area (Å²) in [6.07, 6.45) is 0.938. The summed E-state index contributed by atoms with van der Waals surface area (Å²) < 4.78 is 25.1. The zero-order valence-electron chi connectivity index (χ0n) is 16.1. The molecule has 3 nitrogen and oxygen atoms in total. The van der Waals surface area contributed by atoms with Gasteiger partial charge in [-0.3, -0.25) is 0 Å². The molecule has 2 atom stereocenters. The number of fused-ring (bicyclic) bond motifs is 1. The first-order valence-electron chi connectivity index (χ1n) is 9.62. The van der Waals surface area contributed by atoms with Crippen molar-refractivity contribution in [2.24, 2.45) is 0 Å². The van der Waals surface area contributed by atoms with Crippen molar-refractivity contribution >= 4 is 0 Å². The Kier molecular flexibility index (Phi) is 5.31. The first-order valence-corrected chi connectivity index (χ1v) is 9.62. The number of hydrogen-bond donors (Lipinski definition) is 1. The van der Waals surface area contributed by atoms with Gasteiger partial charge < -0.3 is 14.8 Å². The van der Waals surface area contributed by atoms with Gasteiger partial charge >= 0.3 is 0 Å². The Balaban J connectivity index is 1.48. The van der Waals surface area contributed by atoms with E-state index in [2.05, 4.69) is 43.4 Å². The summed E-state index contributed by atoms with van der Waals surface area (Å²) in [5.41, 5.74) is 2.58. The van der Waals surface area contributed by atoms with Gasteiger partial charge in [-0.15, -0.1) is 0 Å². The van der Waals surface area contributed by atoms with Crippen molar-refractivity contribution in [2.75, 3.05) is 0 Å². The van der Waals surface area contributed by atoms with E-state index in [1.54, 1.807) is 12.1 Å². The molecule has 3 aromatic rings. The van der Waals surface area contributed by atoms with E-state index in [1.165, 1.54) is 23.3 Å². The summed E-state index contributed by atoms with van der Waals surface area (Å²) in [5, 5.41) is 3.63. The first-order chi connectivity index (χ1) is 13.6. The molecule has 4 heteroatoms. The molecule has 0 heterocycles. The van der Waals surface area contributed by atoms with Crippen molar-refractivity contribution in [1.82, 2.24) is 5.32 Å². The smallest absolute Gasteiger partial charge is 0.140 e. The standard InChI is InChI=1S/C24H24FNO2/c1-16(2)26-23-15-17-5-3-4-6-22(17)24(23)28-21-13-11-20(12-14-21)27-19-9-7-18(25)8-10-19/h3-14,16,23-24,26H,15H2,1-2H3/t23-,24+/m0/s1. The van der Waals surface area contributed by atoms with Crippen LogP contribution in [0.2, 0.25) is 0 Å². The summed E-state index contributed by atoms with van der Waals surface area (Å²) in [5.74, 6) is 1.80. The molecule has 28 heavy (non-hydrogen) atoms. The van der Waals surface area contributed by atoms with E-state index in [0.29, 0.717) is 17.5 Å². The van der Waals surface area contributed by atoms with Gasteiger partial charge in [0.2, 0.25) is 0 Å². The molecule has 0 saturated heterocycles. The zero-order valence-corrected chi connectivity index (χ0v) is 16.1. The van der Waals surface area contributed by atoms with Gasteiger partial charge in [0.1, 0.15) is 29.2 Å². The minimum atomic E-state index is -0.280. The van der Waals surface area contributed by atoms with Gasteiger partial charge in [0, 0.05) is 6.04 Å². The molecule has 1 N–H and O–H groups in total. The van der Waals surface area contributed by atoms with E-state index < -0.39 is 0 Å². The lowest BCUT2D eigenvalue weighted by molar-refractivity contribution is 0.162. The molecule has 0 spiro atoms. The molecule has 0 aliphatic heterocycles. The van der Waals surface area contributed by atoms with Gasteiger partial charge in [-0.05, 0) is 66.1 Å². The van der Waals surface area contributed by atoms with Gasteiger partial charge in [0.25, 0.3) is 0 Å². The fourth-order valence-electron chi connectivity index (χ4n) is 3.65.